The van der Waals surface area contributed by atoms with Crippen molar-refractivity contribution in [3.63, 3.8) is 0 Å². The van der Waals surface area contributed by atoms with Crippen LogP contribution in [0.1, 0.15) is 11.7 Å². The molecule has 1 unspecified atom stereocenters. The number of sulfone groups is 1. The van der Waals surface area contributed by atoms with Gasteiger partial charge >= 0.3 is 0 Å². The molecule has 0 aliphatic carbocycles. The number of hydrogen-bond acceptors (Lipinski definition) is 5. The first-order valence-corrected chi connectivity index (χ1v) is 9.12. The van der Waals surface area contributed by atoms with Crippen LogP contribution in [0.2, 0.25) is 0 Å². The van der Waals surface area contributed by atoms with E-state index >= 15 is 0 Å². The Hall–Kier alpha value is -1.60. The SMILES string of the molecule is Cc1cc(=O)n2c(n1)SCC2CS(=O)(=O)c1ccccc1. The van der Waals surface area contributed by atoms with Crippen LogP contribution in [0.25, 0.3) is 0 Å². The molecule has 7 heteroatoms. The van der Waals surface area contributed by atoms with Crippen LogP contribution in [0.4, 0.5) is 0 Å². The monoisotopic (exact) mass is 322 g/mol. The lowest BCUT2D eigenvalue weighted by molar-refractivity contribution is 0.525. The van der Waals surface area contributed by atoms with Crippen molar-refractivity contribution in [1.82, 2.24) is 9.55 Å². The Labute approximate surface area is 127 Å². The third kappa shape index (κ3) is 2.75. The summed E-state index contributed by atoms with van der Waals surface area (Å²) in [5.74, 6) is 0.472. The smallest absolute Gasteiger partial charge is 0.254 e. The Morgan fingerprint density at radius 3 is 2.76 bits per heavy atom. The minimum Gasteiger partial charge on any atom is -0.283 e. The second-order valence-electron chi connectivity index (χ2n) is 4.95. The molecular formula is C14H14N2O3S2. The summed E-state index contributed by atoms with van der Waals surface area (Å²) >= 11 is 1.43. The van der Waals surface area contributed by atoms with Gasteiger partial charge in [0.15, 0.2) is 15.0 Å². The highest BCUT2D eigenvalue weighted by Gasteiger charge is 2.30. The van der Waals surface area contributed by atoms with Gasteiger partial charge in [-0.2, -0.15) is 0 Å². The van der Waals surface area contributed by atoms with E-state index in [1.54, 1.807) is 37.3 Å². The molecule has 21 heavy (non-hydrogen) atoms. The minimum atomic E-state index is -3.41. The summed E-state index contributed by atoms with van der Waals surface area (Å²) in [6.45, 7) is 1.76. The van der Waals surface area contributed by atoms with E-state index in [2.05, 4.69) is 4.98 Å². The van der Waals surface area contributed by atoms with Crippen molar-refractivity contribution in [1.29, 1.82) is 0 Å². The lowest BCUT2D eigenvalue weighted by Crippen LogP contribution is -2.29. The van der Waals surface area contributed by atoms with Crippen molar-refractivity contribution in [3.8, 4) is 0 Å². The molecule has 1 aromatic carbocycles. The van der Waals surface area contributed by atoms with E-state index in [1.807, 2.05) is 0 Å². The molecule has 0 spiro atoms. The molecule has 3 rings (SSSR count). The zero-order chi connectivity index (χ0) is 15.0. The zero-order valence-corrected chi connectivity index (χ0v) is 13.0. The van der Waals surface area contributed by atoms with E-state index < -0.39 is 9.84 Å². The van der Waals surface area contributed by atoms with Crippen LogP contribution in [-0.2, 0) is 9.84 Å². The van der Waals surface area contributed by atoms with Gasteiger partial charge in [-0.25, -0.2) is 13.4 Å². The second-order valence-corrected chi connectivity index (χ2v) is 7.97. The molecule has 0 fully saturated rings. The Morgan fingerprint density at radius 1 is 1.33 bits per heavy atom. The van der Waals surface area contributed by atoms with Gasteiger partial charge in [-0.1, -0.05) is 30.0 Å². The highest BCUT2D eigenvalue weighted by atomic mass is 32.2. The first-order valence-electron chi connectivity index (χ1n) is 6.48. The van der Waals surface area contributed by atoms with Crippen LogP contribution < -0.4 is 5.56 Å². The molecule has 110 valence electrons. The van der Waals surface area contributed by atoms with E-state index in [4.69, 9.17) is 0 Å². The molecule has 5 nitrogen and oxygen atoms in total. The minimum absolute atomic E-state index is 0.0817. The number of fused-ring (bicyclic) bond motifs is 1. The average Bonchev–Trinajstić information content (AvgIpc) is 2.82. The molecule has 0 N–H and O–H groups in total. The molecule has 0 bridgehead atoms. The van der Waals surface area contributed by atoms with Crippen LogP contribution in [0, 0.1) is 6.92 Å². The van der Waals surface area contributed by atoms with Gasteiger partial charge in [-0.15, -0.1) is 0 Å². The van der Waals surface area contributed by atoms with E-state index in [9.17, 15) is 13.2 Å². The third-order valence-corrected chi connectivity index (χ3v) is 6.24. The summed E-state index contributed by atoms with van der Waals surface area (Å²) < 4.78 is 26.4. The van der Waals surface area contributed by atoms with Crippen LogP contribution in [0.15, 0.2) is 51.2 Å². The van der Waals surface area contributed by atoms with Gasteiger partial charge in [-0.3, -0.25) is 9.36 Å². The van der Waals surface area contributed by atoms with Crippen molar-refractivity contribution in [2.24, 2.45) is 0 Å². The fraction of sp³-hybridized carbons (Fsp3) is 0.286. The molecule has 1 aromatic heterocycles. The predicted molar refractivity (Wildman–Crippen MR) is 81.5 cm³/mol. The van der Waals surface area contributed by atoms with Gasteiger partial charge in [-0.05, 0) is 19.1 Å². The Kier molecular flexibility index (Phi) is 3.62. The summed E-state index contributed by atoms with van der Waals surface area (Å²) in [5, 5.41) is 0.605. The molecule has 1 atom stereocenters. The van der Waals surface area contributed by atoms with Crippen molar-refractivity contribution in [2.75, 3.05) is 11.5 Å². The molecular weight excluding hydrogens is 308 g/mol. The molecule has 0 amide bonds. The Bertz CT molecular complexity index is 829. The summed E-state index contributed by atoms with van der Waals surface area (Å²) in [4.78, 5) is 16.7. The highest BCUT2D eigenvalue weighted by molar-refractivity contribution is 7.99. The van der Waals surface area contributed by atoms with E-state index in [0.29, 0.717) is 16.6 Å². The van der Waals surface area contributed by atoms with Gasteiger partial charge in [0.2, 0.25) is 0 Å². The van der Waals surface area contributed by atoms with Gasteiger partial charge < -0.3 is 0 Å². The number of benzene rings is 1. The fourth-order valence-electron chi connectivity index (χ4n) is 2.36. The Morgan fingerprint density at radius 2 is 2.05 bits per heavy atom. The summed E-state index contributed by atoms with van der Waals surface area (Å²) in [6, 6.07) is 9.40. The third-order valence-electron chi connectivity index (χ3n) is 3.33. The summed E-state index contributed by atoms with van der Waals surface area (Å²) in [7, 11) is -3.41. The average molecular weight is 322 g/mol. The number of aryl methyl sites for hydroxylation is 1. The fourth-order valence-corrected chi connectivity index (χ4v) is 5.24. The Balaban J connectivity index is 1.95. The lowest BCUT2D eigenvalue weighted by atomic mass is 10.3. The maximum atomic E-state index is 12.4. The first kappa shape index (κ1) is 14.3. The number of nitrogens with zero attached hydrogens (tertiary/aromatic N) is 2. The van der Waals surface area contributed by atoms with Crippen LogP contribution in [0.3, 0.4) is 0 Å². The maximum absolute atomic E-state index is 12.4. The van der Waals surface area contributed by atoms with Gasteiger partial charge in [0.05, 0.1) is 16.7 Å². The largest absolute Gasteiger partial charge is 0.283 e. The molecule has 1 aliphatic heterocycles. The van der Waals surface area contributed by atoms with Crippen LogP contribution >= 0.6 is 11.8 Å². The van der Waals surface area contributed by atoms with Gasteiger partial charge in [0.25, 0.3) is 5.56 Å². The number of thioether (sulfide) groups is 1. The lowest BCUT2D eigenvalue weighted by Gasteiger charge is -2.13. The normalized spacial score (nSPS) is 17.7. The molecule has 1 aliphatic rings. The molecule has 2 aromatic rings. The zero-order valence-electron chi connectivity index (χ0n) is 11.4. The second kappa shape index (κ2) is 5.31. The summed E-state index contributed by atoms with van der Waals surface area (Å²) in [5.41, 5.74) is 0.473. The first-order chi connectivity index (χ1) is 9.97. The molecule has 0 saturated carbocycles. The van der Waals surface area contributed by atoms with Gasteiger partial charge in [0, 0.05) is 17.5 Å². The summed E-state index contributed by atoms with van der Waals surface area (Å²) in [6.07, 6.45) is 0. The number of rotatable bonds is 3. The molecule has 0 radical (unpaired) electrons. The van der Waals surface area contributed by atoms with Crippen molar-refractivity contribution >= 4 is 21.6 Å². The van der Waals surface area contributed by atoms with Crippen LogP contribution in [-0.4, -0.2) is 29.5 Å². The highest BCUT2D eigenvalue weighted by Crippen LogP contribution is 2.31. The topological polar surface area (TPSA) is 69.0 Å². The predicted octanol–water partition coefficient (Wildman–Crippen LogP) is 1.67. The van der Waals surface area contributed by atoms with E-state index in [-0.39, 0.29) is 22.2 Å². The van der Waals surface area contributed by atoms with Crippen molar-refractivity contribution in [2.45, 2.75) is 23.0 Å². The quantitative estimate of drug-likeness (QED) is 0.804. The van der Waals surface area contributed by atoms with Crippen molar-refractivity contribution < 1.29 is 8.42 Å². The van der Waals surface area contributed by atoms with E-state index in [1.165, 1.54) is 22.4 Å². The molecule has 2 heterocycles. The molecule has 0 saturated heterocycles. The van der Waals surface area contributed by atoms with Crippen molar-refractivity contribution in [3.05, 3.63) is 52.4 Å². The van der Waals surface area contributed by atoms with Gasteiger partial charge in [0.1, 0.15) is 0 Å². The van der Waals surface area contributed by atoms with Crippen LogP contribution in [0.5, 0.6) is 0 Å². The number of aromatic nitrogens is 2. The maximum Gasteiger partial charge on any atom is 0.254 e. The van der Waals surface area contributed by atoms with E-state index in [0.717, 1.165) is 0 Å². The number of hydrogen-bond donors (Lipinski definition) is 0. The standard InChI is InChI=1S/C14H14N2O3S2/c1-10-7-13(17)16-11(8-20-14(16)15-10)9-21(18,19)12-5-3-2-4-6-12/h2-7,11H,8-9H2,1H3.